The van der Waals surface area contributed by atoms with Crippen molar-refractivity contribution >= 4 is 41.0 Å². The van der Waals surface area contributed by atoms with E-state index in [1.807, 2.05) is 26.0 Å². The summed E-state index contributed by atoms with van der Waals surface area (Å²) in [6.07, 6.45) is 1.80. The number of hydrogen-bond donors (Lipinski definition) is 4. The van der Waals surface area contributed by atoms with Crippen LogP contribution in [0.2, 0.25) is 0 Å². The van der Waals surface area contributed by atoms with Crippen molar-refractivity contribution < 1.29 is 53.9 Å². The normalized spacial score (nSPS) is 13.4. The second-order valence-electron chi connectivity index (χ2n) is 7.80. The molecule has 0 spiro atoms. The van der Waals surface area contributed by atoms with Gasteiger partial charge in [0.25, 0.3) is 0 Å². The number of carbonyl (C=O) groups excluding carboxylic acids is 1. The quantitative estimate of drug-likeness (QED) is 0.173. The third-order valence-electron chi connectivity index (χ3n) is 5.10. The molecule has 16 nitrogen and oxygen atoms in total. The summed E-state index contributed by atoms with van der Waals surface area (Å²) in [5.74, 6) is -6.42. The minimum Gasteiger partial charge on any atom is -0.473 e. The van der Waals surface area contributed by atoms with Crippen LogP contribution in [-0.4, -0.2) is 127 Å². The van der Waals surface area contributed by atoms with Crippen LogP contribution in [0.3, 0.4) is 0 Å². The fraction of sp³-hybridized carbons (Fsp3) is 0.522. The minimum atomic E-state index is -1.82. The molecule has 0 unspecified atom stereocenters. The number of aromatic nitrogens is 3. The number of carbonyl (C=O) groups is 5. The third kappa shape index (κ3) is 12.3. The second kappa shape index (κ2) is 17.4. The molecule has 0 saturated carbocycles. The van der Waals surface area contributed by atoms with E-state index in [0.717, 1.165) is 56.3 Å². The van der Waals surface area contributed by atoms with Crippen LogP contribution in [0, 0.1) is 0 Å². The van der Waals surface area contributed by atoms with Gasteiger partial charge in [-0.1, -0.05) is 0 Å². The smallest absolute Gasteiger partial charge is 0.414 e. The lowest BCUT2D eigenvalue weighted by Crippen LogP contribution is -2.47. The molecule has 2 aromatic rings. The summed E-state index contributed by atoms with van der Waals surface area (Å²) in [5, 5.41) is 29.6. The van der Waals surface area contributed by atoms with Gasteiger partial charge in [0.1, 0.15) is 11.3 Å². The summed E-state index contributed by atoms with van der Waals surface area (Å²) < 4.78 is 12.7. The molecule has 216 valence electrons. The lowest BCUT2D eigenvalue weighted by atomic mass is 10.3. The average molecular weight is 556 g/mol. The van der Waals surface area contributed by atoms with Gasteiger partial charge in [0.15, 0.2) is 5.65 Å². The molecule has 1 aliphatic heterocycles. The highest BCUT2D eigenvalue weighted by atomic mass is 16.5. The van der Waals surface area contributed by atoms with Crippen molar-refractivity contribution in [3.8, 4) is 0 Å². The summed E-state index contributed by atoms with van der Waals surface area (Å²) in [5.41, 5.74) is 1.83. The first kappa shape index (κ1) is 32.9. The number of esters is 1. The monoisotopic (exact) mass is 555 g/mol. The zero-order chi connectivity index (χ0) is 29.4. The van der Waals surface area contributed by atoms with Crippen LogP contribution in [0.4, 0.5) is 0 Å². The number of piperazine rings is 1. The van der Waals surface area contributed by atoms with Gasteiger partial charge in [0, 0.05) is 45.5 Å². The van der Waals surface area contributed by atoms with Gasteiger partial charge < -0.3 is 34.5 Å². The molecule has 0 bridgehead atoms. The zero-order valence-corrected chi connectivity index (χ0v) is 21.7. The fourth-order valence-electron chi connectivity index (χ4n) is 3.36. The topological polar surface area (TPSA) is 222 Å². The molecule has 4 N–H and O–H groups in total. The number of carboxylic acids is 4. The van der Waals surface area contributed by atoms with Crippen molar-refractivity contribution in [1.82, 2.24) is 24.3 Å². The number of aliphatic carboxylic acids is 4. The molecule has 0 radical (unpaired) electrons. The Morgan fingerprint density at radius 2 is 1.44 bits per heavy atom. The van der Waals surface area contributed by atoms with Crippen LogP contribution in [0.25, 0.3) is 11.2 Å². The number of ether oxygens (including phenoxy) is 2. The molecule has 3 heterocycles. The van der Waals surface area contributed by atoms with Gasteiger partial charge in [-0.3, -0.25) is 14.6 Å². The van der Waals surface area contributed by atoms with Crippen LogP contribution < -0.4 is 0 Å². The van der Waals surface area contributed by atoms with E-state index in [1.165, 1.54) is 0 Å². The molecule has 0 aromatic carbocycles. The molecular weight excluding hydrogens is 522 g/mol. The Morgan fingerprint density at radius 1 is 0.872 bits per heavy atom. The SMILES string of the molecule is CCOCCn1c(CN2CCN(CC(=O)OCC)CC2)nc2cccnc21.O=C(O)C(=O)O.O=C(O)C(=O)O. The Labute approximate surface area is 223 Å². The summed E-state index contributed by atoms with van der Waals surface area (Å²) >= 11 is 0. The standard InChI is InChI=1S/C19H29N5O3.2C2H2O4/c1-3-26-13-12-24-17(21-16-6-5-7-20-19(16)24)14-22-8-10-23(11-9-22)15-18(25)27-4-2;2*3-1(4)2(5)6/h5-7H,3-4,8-15H2,1-2H3;2*(H,3,4)(H,5,6). The van der Waals surface area contributed by atoms with E-state index in [9.17, 15) is 4.79 Å². The van der Waals surface area contributed by atoms with Gasteiger partial charge in [-0.15, -0.1) is 0 Å². The first-order valence-electron chi connectivity index (χ1n) is 11.9. The lowest BCUT2D eigenvalue weighted by Gasteiger charge is -2.33. The third-order valence-corrected chi connectivity index (χ3v) is 5.10. The van der Waals surface area contributed by atoms with E-state index < -0.39 is 23.9 Å². The van der Waals surface area contributed by atoms with Crippen molar-refractivity contribution in [2.45, 2.75) is 26.9 Å². The number of imidazole rings is 1. The van der Waals surface area contributed by atoms with Crippen molar-refractivity contribution in [3.05, 3.63) is 24.2 Å². The van der Waals surface area contributed by atoms with Gasteiger partial charge in [-0.25, -0.2) is 29.1 Å². The van der Waals surface area contributed by atoms with E-state index >= 15 is 0 Å². The van der Waals surface area contributed by atoms with Gasteiger partial charge in [0.05, 0.1) is 26.3 Å². The summed E-state index contributed by atoms with van der Waals surface area (Å²) in [4.78, 5) is 61.9. The molecule has 16 heteroatoms. The van der Waals surface area contributed by atoms with Gasteiger partial charge in [-0.05, 0) is 26.0 Å². The minimum absolute atomic E-state index is 0.144. The van der Waals surface area contributed by atoms with E-state index in [2.05, 4.69) is 19.4 Å². The van der Waals surface area contributed by atoms with Crippen LogP contribution in [0.15, 0.2) is 18.3 Å². The average Bonchev–Trinajstić information content (AvgIpc) is 3.23. The summed E-state index contributed by atoms with van der Waals surface area (Å²) in [7, 11) is 0. The van der Waals surface area contributed by atoms with Crippen LogP contribution in [-0.2, 0) is 46.5 Å². The van der Waals surface area contributed by atoms with Crippen LogP contribution in [0.1, 0.15) is 19.7 Å². The summed E-state index contributed by atoms with van der Waals surface area (Å²) in [6, 6.07) is 3.92. The van der Waals surface area contributed by atoms with Gasteiger partial charge in [0.2, 0.25) is 0 Å². The number of rotatable bonds is 9. The number of pyridine rings is 1. The second-order valence-corrected chi connectivity index (χ2v) is 7.80. The van der Waals surface area contributed by atoms with Crippen molar-refractivity contribution in [1.29, 1.82) is 0 Å². The molecule has 1 aliphatic rings. The molecule has 3 rings (SSSR count). The Morgan fingerprint density at radius 3 is 1.95 bits per heavy atom. The lowest BCUT2D eigenvalue weighted by molar-refractivity contribution is -0.159. The Hall–Kier alpha value is -4.15. The maximum absolute atomic E-state index is 11.6. The summed E-state index contributed by atoms with van der Waals surface area (Å²) in [6.45, 7) is 11.0. The first-order valence-corrected chi connectivity index (χ1v) is 11.9. The first-order chi connectivity index (χ1) is 18.5. The van der Waals surface area contributed by atoms with E-state index in [0.29, 0.717) is 26.4 Å². The predicted molar refractivity (Wildman–Crippen MR) is 133 cm³/mol. The number of hydrogen-bond acceptors (Lipinski definition) is 11. The van der Waals surface area contributed by atoms with Crippen molar-refractivity contribution in [3.63, 3.8) is 0 Å². The highest BCUT2D eigenvalue weighted by Crippen LogP contribution is 2.16. The molecule has 0 aliphatic carbocycles. The van der Waals surface area contributed by atoms with Crippen molar-refractivity contribution in [2.24, 2.45) is 0 Å². The van der Waals surface area contributed by atoms with E-state index in [-0.39, 0.29) is 5.97 Å². The molecule has 0 amide bonds. The molecule has 0 atom stereocenters. The number of carboxylic acid groups (broad SMARTS) is 4. The largest absolute Gasteiger partial charge is 0.473 e. The molecular formula is C23H33N5O11. The molecule has 1 fully saturated rings. The van der Waals surface area contributed by atoms with Crippen molar-refractivity contribution in [2.75, 3.05) is 52.5 Å². The molecule has 2 aromatic heterocycles. The van der Waals surface area contributed by atoms with Crippen LogP contribution in [0.5, 0.6) is 0 Å². The Balaban J connectivity index is 0.000000530. The Bertz CT molecular complexity index is 1070. The van der Waals surface area contributed by atoms with E-state index in [4.69, 9.17) is 54.1 Å². The number of nitrogens with zero attached hydrogens (tertiary/aromatic N) is 5. The highest BCUT2D eigenvalue weighted by Gasteiger charge is 2.21. The van der Waals surface area contributed by atoms with Gasteiger partial charge in [-0.2, -0.15) is 0 Å². The van der Waals surface area contributed by atoms with E-state index in [1.54, 1.807) is 6.20 Å². The predicted octanol–water partition coefficient (Wildman–Crippen LogP) is -0.540. The zero-order valence-electron chi connectivity index (χ0n) is 21.7. The van der Waals surface area contributed by atoms with Crippen LogP contribution >= 0.6 is 0 Å². The number of fused-ring (bicyclic) bond motifs is 1. The Kier molecular flexibility index (Phi) is 14.6. The molecule has 39 heavy (non-hydrogen) atoms. The van der Waals surface area contributed by atoms with Gasteiger partial charge >= 0.3 is 29.8 Å². The fourth-order valence-corrected chi connectivity index (χ4v) is 3.36. The maximum atomic E-state index is 11.6. The highest BCUT2D eigenvalue weighted by molar-refractivity contribution is 6.27. The molecule has 1 saturated heterocycles. The maximum Gasteiger partial charge on any atom is 0.414 e.